The quantitative estimate of drug-likeness (QED) is 0.578. The van der Waals surface area contributed by atoms with E-state index in [0.29, 0.717) is 6.29 Å². The Morgan fingerprint density at radius 1 is 1.60 bits per heavy atom. The molecule has 2 rings (SSSR count). The highest BCUT2D eigenvalue weighted by molar-refractivity contribution is 7.16. The molecule has 0 radical (unpaired) electrons. The molecule has 0 aromatic carbocycles. The Hall–Kier alpha value is -1.20. The molecule has 0 fully saturated rings. The number of aldehydes is 1. The largest absolute Gasteiger partial charge is 0.312 e. The van der Waals surface area contributed by atoms with Gasteiger partial charge in [-0.3, -0.25) is 9.59 Å². The van der Waals surface area contributed by atoms with Crippen LogP contribution in [-0.2, 0) is 22.6 Å². The fraction of sp³-hybridized carbons (Fsp3) is 0.400. The van der Waals surface area contributed by atoms with Gasteiger partial charge in [-0.25, -0.2) is 0 Å². The van der Waals surface area contributed by atoms with Crippen LogP contribution in [0.4, 0.5) is 5.00 Å². The summed E-state index contributed by atoms with van der Waals surface area (Å²) < 4.78 is 0. The maximum Gasteiger partial charge on any atom is 0.289 e. The monoisotopic (exact) mass is 224 g/mol. The van der Waals surface area contributed by atoms with Crippen molar-refractivity contribution in [1.29, 1.82) is 0 Å². The number of thiophene rings is 1. The van der Waals surface area contributed by atoms with E-state index in [9.17, 15) is 9.59 Å². The van der Waals surface area contributed by atoms with Gasteiger partial charge in [-0.1, -0.05) is 0 Å². The Morgan fingerprint density at radius 2 is 2.40 bits per heavy atom. The van der Waals surface area contributed by atoms with Gasteiger partial charge < -0.3 is 10.6 Å². The number of hydrogen-bond acceptors (Lipinski definition) is 4. The Balaban J connectivity index is 2.29. The van der Waals surface area contributed by atoms with Gasteiger partial charge in [0.2, 0.25) is 6.29 Å². The van der Waals surface area contributed by atoms with Crippen LogP contribution in [0.5, 0.6) is 0 Å². The van der Waals surface area contributed by atoms with Crippen LogP contribution in [0.25, 0.3) is 0 Å². The number of fused-ring (bicyclic) bond motifs is 1. The van der Waals surface area contributed by atoms with Crippen molar-refractivity contribution in [2.75, 3.05) is 11.9 Å². The molecule has 4 nitrogen and oxygen atoms in total. The first kappa shape index (κ1) is 10.3. The number of anilines is 1. The highest BCUT2D eigenvalue weighted by atomic mass is 32.1. The van der Waals surface area contributed by atoms with Gasteiger partial charge >= 0.3 is 0 Å². The second-order valence-electron chi connectivity index (χ2n) is 3.49. The van der Waals surface area contributed by atoms with Gasteiger partial charge in [0.05, 0.1) is 5.00 Å². The van der Waals surface area contributed by atoms with Crippen LogP contribution >= 0.6 is 11.3 Å². The lowest BCUT2D eigenvalue weighted by Gasteiger charge is -2.12. The van der Waals surface area contributed by atoms with Crippen molar-refractivity contribution in [2.45, 2.75) is 19.9 Å². The van der Waals surface area contributed by atoms with E-state index in [1.165, 1.54) is 10.4 Å². The van der Waals surface area contributed by atoms with Gasteiger partial charge in [0, 0.05) is 11.4 Å². The molecule has 0 unspecified atom stereocenters. The van der Waals surface area contributed by atoms with Gasteiger partial charge in [-0.2, -0.15) is 0 Å². The lowest BCUT2D eigenvalue weighted by molar-refractivity contribution is -0.127. The van der Waals surface area contributed by atoms with E-state index in [1.807, 2.05) is 6.92 Å². The van der Waals surface area contributed by atoms with Crippen LogP contribution in [0.3, 0.4) is 0 Å². The summed E-state index contributed by atoms with van der Waals surface area (Å²) in [4.78, 5) is 22.5. The molecular weight excluding hydrogens is 212 g/mol. The number of carbonyl (C=O) groups excluding carboxylic acids is 2. The Kier molecular flexibility index (Phi) is 2.83. The molecular formula is C10H12N2O2S. The number of amides is 1. The summed E-state index contributed by atoms with van der Waals surface area (Å²) in [6.07, 6.45) is 1.30. The fourth-order valence-electron chi connectivity index (χ4n) is 1.75. The van der Waals surface area contributed by atoms with Gasteiger partial charge in [-0.15, -0.1) is 11.3 Å². The summed E-state index contributed by atoms with van der Waals surface area (Å²) >= 11 is 1.55. The molecule has 1 aliphatic heterocycles. The molecule has 2 heterocycles. The lowest BCUT2D eigenvalue weighted by Crippen LogP contribution is -2.22. The normalized spacial score (nSPS) is 14.5. The molecule has 5 heteroatoms. The van der Waals surface area contributed by atoms with E-state index in [4.69, 9.17) is 0 Å². The second kappa shape index (κ2) is 4.12. The Bertz CT molecular complexity index is 412. The summed E-state index contributed by atoms with van der Waals surface area (Å²) in [7, 11) is 0. The van der Waals surface area contributed by atoms with Crippen molar-refractivity contribution in [3.8, 4) is 0 Å². The molecule has 1 aromatic rings. The molecule has 1 aromatic heterocycles. The third-order valence-corrected chi connectivity index (χ3v) is 3.79. The minimum Gasteiger partial charge on any atom is -0.312 e. The topological polar surface area (TPSA) is 58.2 Å². The Labute approximate surface area is 91.7 Å². The highest BCUT2D eigenvalue weighted by Crippen LogP contribution is 2.34. The minimum absolute atomic E-state index is 0.302. The van der Waals surface area contributed by atoms with E-state index in [-0.39, 0.29) is 0 Å². The molecule has 0 aliphatic carbocycles. The van der Waals surface area contributed by atoms with Crippen molar-refractivity contribution >= 4 is 28.5 Å². The zero-order chi connectivity index (χ0) is 10.8. The molecule has 1 aliphatic rings. The summed E-state index contributed by atoms with van der Waals surface area (Å²) in [6.45, 7) is 3.82. The van der Waals surface area contributed by atoms with E-state index in [1.54, 1.807) is 11.3 Å². The first-order valence-electron chi connectivity index (χ1n) is 4.80. The summed E-state index contributed by atoms with van der Waals surface area (Å²) in [6, 6.07) is 0. The summed E-state index contributed by atoms with van der Waals surface area (Å²) in [5, 5.41) is 6.68. The average molecular weight is 224 g/mol. The van der Waals surface area contributed by atoms with Crippen LogP contribution in [0.15, 0.2) is 0 Å². The van der Waals surface area contributed by atoms with Gasteiger partial charge in [0.15, 0.2) is 0 Å². The molecule has 0 saturated carbocycles. The highest BCUT2D eigenvalue weighted by Gasteiger charge is 2.18. The van der Waals surface area contributed by atoms with Gasteiger partial charge in [0.1, 0.15) is 0 Å². The predicted octanol–water partition coefficient (Wildman–Crippen LogP) is 0.840. The maximum atomic E-state index is 11.0. The molecule has 80 valence electrons. The van der Waals surface area contributed by atoms with Gasteiger partial charge in [0.25, 0.3) is 5.91 Å². The molecule has 1 amide bonds. The van der Waals surface area contributed by atoms with Crippen LogP contribution in [0.1, 0.15) is 16.0 Å². The number of nitrogens with one attached hydrogen (secondary N) is 2. The number of rotatable bonds is 2. The van der Waals surface area contributed by atoms with E-state index in [2.05, 4.69) is 10.6 Å². The van der Waals surface area contributed by atoms with Crippen LogP contribution in [0.2, 0.25) is 0 Å². The zero-order valence-corrected chi connectivity index (χ0v) is 9.24. The molecule has 0 atom stereocenters. The standard InChI is InChI=1S/C10H12N2O2S/c1-6-7-2-3-11-4-8(7)15-10(6)12-9(14)5-13/h5,11H,2-4H2,1H3,(H,12,14). The molecule has 0 saturated heterocycles. The Morgan fingerprint density at radius 3 is 3.07 bits per heavy atom. The van der Waals surface area contributed by atoms with Crippen molar-refractivity contribution < 1.29 is 9.59 Å². The number of hydrogen-bond donors (Lipinski definition) is 2. The lowest BCUT2D eigenvalue weighted by atomic mass is 10.1. The molecule has 0 bridgehead atoms. The third kappa shape index (κ3) is 1.93. The van der Waals surface area contributed by atoms with Crippen molar-refractivity contribution in [2.24, 2.45) is 0 Å². The number of carbonyl (C=O) groups is 2. The molecule has 15 heavy (non-hydrogen) atoms. The first-order chi connectivity index (χ1) is 7.22. The van der Waals surface area contributed by atoms with Crippen LogP contribution in [0, 0.1) is 6.92 Å². The SMILES string of the molecule is Cc1c(NC(=O)C=O)sc2c1CCNC2. The smallest absolute Gasteiger partial charge is 0.289 e. The van der Waals surface area contributed by atoms with Gasteiger partial charge in [-0.05, 0) is 31.0 Å². The van der Waals surface area contributed by atoms with Crippen molar-refractivity contribution in [1.82, 2.24) is 5.32 Å². The van der Waals surface area contributed by atoms with Crippen LogP contribution < -0.4 is 10.6 Å². The van der Waals surface area contributed by atoms with Crippen molar-refractivity contribution in [3.63, 3.8) is 0 Å². The third-order valence-electron chi connectivity index (χ3n) is 2.54. The first-order valence-corrected chi connectivity index (χ1v) is 5.62. The van der Waals surface area contributed by atoms with E-state index < -0.39 is 5.91 Å². The zero-order valence-electron chi connectivity index (χ0n) is 8.42. The maximum absolute atomic E-state index is 11.0. The minimum atomic E-state index is -0.579. The summed E-state index contributed by atoms with van der Waals surface area (Å²) in [5.41, 5.74) is 2.42. The average Bonchev–Trinajstić information content (AvgIpc) is 2.57. The van der Waals surface area contributed by atoms with E-state index in [0.717, 1.165) is 30.1 Å². The fourth-order valence-corrected chi connectivity index (χ4v) is 2.98. The summed E-state index contributed by atoms with van der Waals surface area (Å²) in [5.74, 6) is -0.579. The molecule has 2 N–H and O–H groups in total. The second-order valence-corrected chi connectivity index (χ2v) is 4.60. The predicted molar refractivity (Wildman–Crippen MR) is 59.2 cm³/mol. The van der Waals surface area contributed by atoms with Crippen LogP contribution in [-0.4, -0.2) is 18.7 Å². The van der Waals surface area contributed by atoms with E-state index >= 15 is 0 Å². The van der Waals surface area contributed by atoms with Crippen molar-refractivity contribution in [3.05, 3.63) is 16.0 Å². The molecule has 0 spiro atoms.